The summed E-state index contributed by atoms with van der Waals surface area (Å²) in [7, 11) is 0. The molecule has 2 N–H and O–H groups in total. The van der Waals surface area contributed by atoms with E-state index in [1.165, 1.54) is 6.07 Å². The molecule has 0 saturated heterocycles. The zero-order valence-electron chi connectivity index (χ0n) is 9.13. The van der Waals surface area contributed by atoms with Crippen molar-refractivity contribution < 1.29 is 13.9 Å². The third kappa shape index (κ3) is 2.23. The standard InChI is InChI=1S/C12H15F2NO/c1-7(16)6-15-12-3-2-9-10(12)4-8(13)5-11(9)14/h4-5,7,12,15-16H,2-3,6H2,1H3/t7-,12?/m1/s1. The molecule has 16 heavy (non-hydrogen) atoms. The molecule has 88 valence electrons. The lowest BCUT2D eigenvalue weighted by Gasteiger charge is -2.15. The minimum atomic E-state index is -0.540. The fraction of sp³-hybridized carbons (Fsp3) is 0.500. The van der Waals surface area contributed by atoms with Crippen LogP contribution in [0.1, 0.15) is 30.5 Å². The van der Waals surface area contributed by atoms with Crippen molar-refractivity contribution in [1.82, 2.24) is 5.32 Å². The van der Waals surface area contributed by atoms with Crippen LogP contribution in [0.4, 0.5) is 8.78 Å². The van der Waals surface area contributed by atoms with Gasteiger partial charge < -0.3 is 10.4 Å². The largest absolute Gasteiger partial charge is 0.392 e. The third-order valence-corrected chi connectivity index (χ3v) is 2.91. The molecule has 1 aromatic rings. The van der Waals surface area contributed by atoms with Crippen LogP contribution in [0, 0.1) is 11.6 Å². The van der Waals surface area contributed by atoms with Crippen molar-refractivity contribution in [3.05, 3.63) is 34.9 Å². The first-order valence-corrected chi connectivity index (χ1v) is 5.47. The van der Waals surface area contributed by atoms with Crippen molar-refractivity contribution in [2.75, 3.05) is 6.54 Å². The fourth-order valence-electron chi connectivity index (χ4n) is 2.17. The number of halogens is 2. The van der Waals surface area contributed by atoms with Gasteiger partial charge in [0, 0.05) is 18.7 Å². The number of hydrogen-bond acceptors (Lipinski definition) is 2. The Bertz CT molecular complexity index is 393. The van der Waals surface area contributed by atoms with Crippen molar-refractivity contribution in [2.45, 2.75) is 31.9 Å². The average Bonchev–Trinajstić information content (AvgIpc) is 2.58. The van der Waals surface area contributed by atoms with Gasteiger partial charge in [-0.15, -0.1) is 0 Å². The Labute approximate surface area is 93.3 Å². The number of hydrogen-bond donors (Lipinski definition) is 2. The molecule has 2 atom stereocenters. The molecule has 1 aliphatic rings. The molecule has 2 rings (SSSR count). The summed E-state index contributed by atoms with van der Waals surface area (Å²) in [5.74, 6) is -1.00. The zero-order chi connectivity index (χ0) is 11.7. The first-order valence-electron chi connectivity index (χ1n) is 5.47. The molecule has 1 aliphatic carbocycles. The van der Waals surface area contributed by atoms with Crippen molar-refractivity contribution in [3.63, 3.8) is 0 Å². The van der Waals surface area contributed by atoms with E-state index in [2.05, 4.69) is 5.32 Å². The zero-order valence-corrected chi connectivity index (χ0v) is 9.13. The highest BCUT2D eigenvalue weighted by molar-refractivity contribution is 5.36. The van der Waals surface area contributed by atoms with Crippen molar-refractivity contribution >= 4 is 0 Å². The van der Waals surface area contributed by atoms with Crippen LogP contribution in [0.5, 0.6) is 0 Å². The number of rotatable bonds is 3. The molecule has 0 aromatic heterocycles. The Hall–Kier alpha value is -1.00. The fourth-order valence-corrected chi connectivity index (χ4v) is 2.17. The third-order valence-electron chi connectivity index (χ3n) is 2.91. The first-order chi connectivity index (χ1) is 7.58. The van der Waals surface area contributed by atoms with Crippen molar-refractivity contribution in [2.24, 2.45) is 0 Å². The summed E-state index contributed by atoms with van der Waals surface area (Å²) >= 11 is 0. The summed E-state index contributed by atoms with van der Waals surface area (Å²) in [6.07, 6.45) is 0.920. The lowest BCUT2D eigenvalue weighted by atomic mass is 10.1. The Balaban J connectivity index is 2.19. The number of aliphatic hydroxyl groups is 1. The topological polar surface area (TPSA) is 32.3 Å². The van der Waals surface area contributed by atoms with Crippen molar-refractivity contribution in [1.29, 1.82) is 0 Å². The minimum Gasteiger partial charge on any atom is -0.392 e. The highest BCUT2D eigenvalue weighted by Crippen LogP contribution is 2.33. The van der Waals surface area contributed by atoms with E-state index in [9.17, 15) is 8.78 Å². The summed E-state index contributed by atoms with van der Waals surface area (Å²) in [4.78, 5) is 0. The van der Waals surface area contributed by atoms with E-state index in [-0.39, 0.29) is 6.04 Å². The second-order valence-corrected chi connectivity index (χ2v) is 4.30. The van der Waals surface area contributed by atoms with Gasteiger partial charge in [-0.05, 0) is 37.0 Å². The smallest absolute Gasteiger partial charge is 0.129 e. The Morgan fingerprint density at radius 2 is 2.25 bits per heavy atom. The van der Waals surface area contributed by atoms with Crippen LogP contribution in [0.3, 0.4) is 0 Å². The number of fused-ring (bicyclic) bond motifs is 1. The van der Waals surface area contributed by atoms with Gasteiger partial charge in [-0.25, -0.2) is 8.78 Å². The molecule has 0 bridgehead atoms. The van der Waals surface area contributed by atoms with Crippen LogP contribution in [-0.2, 0) is 6.42 Å². The lowest BCUT2D eigenvalue weighted by molar-refractivity contribution is 0.186. The Kier molecular flexibility index (Phi) is 3.21. The Morgan fingerprint density at radius 3 is 2.94 bits per heavy atom. The molecular formula is C12H15F2NO. The highest BCUT2D eigenvalue weighted by atomic mass is 19.1. The van der Waals surface area contributed by atoms with Crippen LogP contribution >= 0.6 is 0 Å². The molecular weight excluding hydrogens is 212 g/mol. The average molecular weight is 227 g/mol. The van der Waals surface area contributed by atoms with E-state index in [4.69, 9.17) is 5.11 Å². The van der Waals surface area contributed by atoms with Crippen molar-refractivity contribution in [3.8, 4) is 0 Å². The summed E-state index contributed by atoms with van der Waals surface area (Å²) in [6.45, 7) is 2.11. The maximum atomic E-state index is 13.4. The van der Waals surface area contributed by atoms with E-state index in [1.807, 2.05) is 0 Å². The molecule has 1 aromatic carbocycles. The summed E-state index contributed by atoms with van der Waals surface area (Å²) in [5, 5.41) is 12.3. The minimum absolute atomic E-state index is 0.0465. The maximum absolute atomic E-state index is 13.4. The number of nitrogens with one attached hydrogen (secondary N) is 1. The molecule has 0 aliphatic heterocycles. The maximum Gasteiger partial charge on any atom is 0.129 e. The predicted octanol–water partition coefficient (Wildman–Crippen LogP) is 1.92. The van der Waals surface area contributed by atoms with Gasteiger partial charge in [-0.2, -0.15) is 0 Å². The van der Waals surface area contributed by atoms with Gasteiger partial charge in [-0.3, -0.25) is 0 Å². The summed E-state index contributed by atoms with van der Waals surface area (Å²) < 4.78 is 26.5. The second-order valence-electron chi connectivity index (χ2n) is 4.30. The molecule has 0 radical (unpaired) electrons. The van der Waals surface area contributed by atoms with Gasteiger partial charge in [0.1, 0.15) is 11.6 Å². The van der Waals surface area contributed by atoms with Gasteiger partial charge in [0.05, 0.1) is 6.10 Å². The van der Waals surface area contributed by atoms with Crippen LogP contribution in [0.25, 0.3) is 0 Å². The quantitative estimate of drug-likeness (QED) is 0.827. The van der Waals surface area contributed by atoms with Gasteiger partial charge >= 0.3 is 0 Å². The van der Waals surface area contributed by atoms with E-state index in [1.54, 1.807) is 6.92 Å². The lowest BCUT2D eigenvalue weighted by Crippen LogP contribution is -2.27. The molecule has 0 spiro atoms. The predicted molar refractivity (Wildman–Crippen MR) is 57.1 cm³/mol. The summed E-state index contributed by atoms with van der Waals surface area (Å²) in [6, 6.07) is 2.26. The Morgan fingerprint density at radius 1 is 1.50 bits per heavy atom. The molecule has 0 fully saturated rings. The van der Waals surface area contributed by atoms with Gasteiger partial charge in [0.15, 0.2) is 0 Å². The van der Waals surface area contributed by atoms with E-state index >= 15 is 0 Å². The van der Waals surface area contributed by atoms with E-state index in [0.717, 1.165) is 12.5 Å². The molecule has 0 amide bonds. The van der Waals surface area contributed by atoms with Gasteiger partial charge in [-0.1, -0.05) is 0 Å². The van der Waals surface area contributed by atoms with Crippen LogP contribution in [0.15, 0.2) is 12.1 Å². The molecule has 0 saturated carbocycles. The normalized spacial score (nSPS) is 20.9. The molecule has 1 unspecified atom stereocenters. The number of aliphatic hydroxyl groups excluding tert-OH is 1. The molecule has 4 heteroatoms. The number of benzene rings is 1. The van der Waals surface area contributed by atoms with E-state index in [0.29, 0.717) is 24.1 Å². The highest BCUT2D eigenvalue weighted by Gasteiger charge is 2.25. The molecule has 2 nitrogen and oxygen atoms in total. The van der Waals surface area contributed by atoms with Crippen LogP contribution in [0.2, 0.25) is 0 Å². The second kappa shape index (κ2) is 4.47. The van der Waals surface area contributed by atoms with Crippen LogP contribution in [-0.4, -0.2) is 17.8 Å². The summed E-state index contributed by atoms with van der Waals surface area (Å²) in [5.41, 5.74) is 1.29. The van der Waals surface area contributed by atoms with Gasteiger partial charge in [0.25, 0.3) is 0 Å². The van der Waals surface area contributed by atoms with E-state index < -0.39 is 17.7 Å². The SMILES string of the molecule is C[C@@H](O)CNC1CCc2c(F)cc(F)cc21. The molecule has 0 heterocycles. The first kappa shape index (κ1) is 11.5. The monoisotopic (exact) mass is 227 g/mol. The van der Waals surface area contributed by atoms with Crippen LogP contribution < -0.4 is 5.32 Å². The van der Waals surface area contributed by atoms with Gasteiger partial charge in [0.2, 0.25) is 0 Å².